The maximum Gasteiger partial charge on any atom is 0.276 e. The summed E-state index contributed by atoms with van der Waals surface area (Å²) in [6.07, 6.45) is 2.39. The van der Waals surface area contributed by atoms with Gasteiger partial charge in [0.05, 0.1) is 17.2 Å². The second-order valence-electron chi connectivity index (χ2n) is 6.71. The Balaban J connectivity index is 1.83. The fraction of sp³-hybridized carbons (Fsp3) is 0.273. The molecule has 0 spiro atoms. The maximum atomic E-state index is 12.8. The first-order valence-corrected chi connectivity index (χ1v) is 10.7. The van der Waals surface area contributed by atoms with Gasteiger partial charge in [0.25, 0.3) is 5.91 Å². The van der Waals surface area contributed by atoms with E-state index in [1.54, 1.807) is 38.5 Å². The highest BCUT2D eigenvalue weighted by Gasteiger charge is 2.30. The Labute approximate surface area is 196 Å². The Morgan fingerprint density at radius 2 is 1.97 bits per heavy atom. The van der Waals surface area contributed by atoms with E-state index in [0.29, 0.717) is 57.5 Å². The highest BCUT2D eigenvalue weighted by Crippen LogP contribution is 2.34. The summed E-state index contributed by atoms with van der Waals surface area (Å²) in [6, 6.07) is 10.7. The molecule has 0 aliphatic carbocycles. The second kappa shape index (κ2) is 10.8. The molecule has 1 aliphatic rings. The number of benzene rings is 2. The Hall–Kier alpha value is -2.32. The minimum absolute atomic E-state index is 0.195. The number of para-hydroxylation sites is 1. The maximum absolute atomic E-state index is 12.8. The van der Waals surface area contributed by atoms with Gasteiger partial charge in [0.15, 0.2) is 16.6 Å². The van der Waals surface area contributed by atoms with Gasteiger partial charge >= 0.3 is 0 Å². The van der Waals surface area contributed by atoms with E-state index in [9.17, 15) is 4.79 Å². The van der Waals surface area contributed by atoms with Gasteiger partial charge in [-0.15, -0.1) is 0 Å². The van der Waals surface area contributed by atoms with Gasteiger partial charge in [0, 0.05) is 25.8 Å². The monoisotopic (exact) mass is 480 g/mol. The molecule has 2 aromatic rings. The van der Waals surface area contributed by atoms with Gasteiger partial charge in [-0.3, -0.25) is 9.69 Å². The van der Waals surface area contributed by atoms with Crippen molar-refractivity contribution in [3.63, 3.8) is 0 Å². The van der Waals surface area contributed by atoms with Crippen LogP contribution in [0.3, 0.4) is 0 Å². The number of hydrogen-bond donors (Lipinski definition) is 1. The number of hydrogen-bond acceptors (Lipinski definition) is 5. The lowest BCUT2D eigenvalue weighted by atomic mass is 10.1. The first-order valence-electron chi connectivity index (χ1n) is 9.51. The van der Waals surface area contributed by atoms with Gasteiger partial charge < -0.3 is 19.5 Å². The highest BCUT2D eigenvalue weighted by atomic mass is 35.5. The average Bonchev–Trinajstić information content (AvgIpc) is 3.02. The van der Waals surface area contributed by atoms with Crippen LogP contribution in [-0.4, -0.2) is 43.3 Å². The molecule has 9 heteroatoms. The quantitative estimate of drug-likeness (QED) is 0.319. The van der Waals surface area contributed by atoms with Crippen LogP contribution < -0.4 is 14.8 Å². The van der Waals surface area contributed by atoms with Crippen LogP contribution >= 0.6 is 35.4 Å². The molecule has 1 saturated heterocycles. The molecule has 0 saturated carbocycles. The molecule has 0 bridgehead atoms. The minimum Gasteiger partial charge on any atom is -0.493 e. The molecule has 1 amide bonds. The van der Waals surface area contributed by atoms with Crippen molar-refractivity contribution in [3.8, 4) is 11.5 Å². The number of amides is 1. The van der Waals surface area contributed by atoms with E-state index in [-0.39, 0.29) is 12.5 Å². The van der Waals surface area contributed by atoms with E-state index in [1.807, 2.05) is 18.2 Å². The molecule has 1 fully saturated rings. The van der Waals surface area contributed by atoms with Crippen molar-refractivity contribution in [1.82, 2.24) is 10.2 Å². The summed E-state index contributed by atoms with van der Waals surface area (Å²) in [5.41, 5.74) is 1.89. The third-order valence-electron chi connectivity index (χ3n) is 4.59. The largest absolute Gasteiger partial charge is 0.493 e. The molecule has 0 aromatic heterocycles. The topological polar surface area (TPSA) is 60.0 Å². The van der Waals surface area contributed by atoms with Gasteiger partial charge in [-0.25, -0.2) is 0 Å². The molecule has 31 heavy (non-hydrogen) atoms. The van der Waals surface area contributed by atoms with Crippen molar-refractivity contribution in [1.29, 1.82) is 0 Å². The van der Waals surface area contributed by atoms with Crippen LogP contribution in [0.4, 0.5) is 0 Å². The zero-order valence-electron chi connectivity index (χ0n) is 17.1. The third-order valence-corrected chi connectivity index (χ3v) is 5.65. The van der Waals surface area contributed by atoms with E-state index >= 15 is 0 Å². The summed E-state index contributed by atoms with van der Waals surface area (Å²) in [6.45, 7) is 1.28. The molecule has 1 N–H and O–H groups in total. The lowest BCUT2D eigenvalue weighted by Crippen LogP contribution is -2.32. The standard InChI is InChI=1S/C22H22Cl2N2O4S/c1-28-10-4-9-26-21(27)18(25-22(26)31)12-15-5-3-6-19(29-2)20(15)30-13-14-7-8-16(23)17(24)11-14/h3,5-8,11-12H,4,9-10,13H2,1-2H3,(H,25,31)/b18-12+. The van der Waals surface area contributed by atoms with Crippen LogP contribution in [0.5, 0.6) is 11.5 Å². The van der Waals surface area contributed by atoms with Crippen LogP contribution in [0.25, 0.3) is 6.08 Å². The summed E-state index contributed by atoms with van der Waals surface area (Å²) in [4.78, 5) is 14.3. The number of methoxy groups -OCH3 is 2. The van der Waals surface area contributed by atoms with Gasteiger partial charge in [-0.05, 0) is 48.5 Å². The highest BCUT2D eigenvalue weighted by molar-refractivity contribution is 7.80. The van der Waals surface area contributed by atoms with Gasteiger partial charge in [-0.1, -0.05) is 41.4 Å². The Morgan fingerprint density at radius 3 is 2.68 bits per heavy atom. The molecule has 6 nitrogen and oxygen atoms in total. The van der Waals surface area contributed by atoms with Crippen molar-refractivity contribution in [2.24, 2.45) is 0 Å². The van der Waals surface area contributed by atoms with Crippen molar-refractivity contribution in [2.75, 3.05) is 27.4 Å². The van der Waals surface area contributed by atoms with Crippen LogP contribution in [-0.2, 0) is 16.1 Å². The number of ether oxygens (including phenoxy) is 3. The van der Waals surface area contributed by atoms with E-state index in [0.717, 1.165) is 5.56 Å². The molecule has 2 aromatic carbocycles. The predicted molar refractivity (Wildman–Crippen MR) is 126 cm³/mol. The molecule has 0 atom stereocenters. The lowest BCUT2D eigenvalue weighted by molar-refractivity contribution is -0.122. The van der Waals surface area contributed by atoms with E-state index < -0.39 is 0 Å². The van der Waals surface area contributed by atoms with Gasteiger partial charge in [0.2, 0.25) is 0 Å². The Morgan fingerprint density at radius 1 is 1.16 bits per heavy atom. The fourth-order valence-corrected chi connectivity index (χ4v) is 3.65. The number of carbonyl (C=O) groups excluding carboxylic acids is 1. The number of carbonyl (C=O) groups is 1. The minimum atomic E-state index is -0.195. The zero-order chi connectivity index (χ0) is 22.4. The molecule has 1 aliphatic heterocycles. The van der Waals surface area contributed by atoms with Crippen molar-refractivity contribution in [2.45, 2.75) is 13.0 Å². The molecular formula is C22H22Cl2N2O4S. The first kappa shape index (κ1) is 23.3. The molecule has 1 heterocycles. The van der Waals surface area contributed by atoms with Crippen molar-refractivity contribution >= 4 is 52.5 Å². The number of nitrogens with zero attached hydrogens (tertiary/aromatic N) is 1. The molecule has 0 unspecified atom stereocenters. The van der Waals surface area contributed by atoms with Crippen LogP contribution in [0, 0.1) is 0 Å². The predicted octanol–water partition coefficient (Wildman–Crippen LogP) is 4.68. The summed E-state index contributed by atoms with van der Waals surface area (Å²) < 4.78 is 16.6. The molecule has 3 rings (SSSR count). The van der Waals surface area contributed by atoms with Crippen molar-refractivity contribution in [3.05, 3.63) is 63.3 Å². The van der Waals surface area contributed by atoms with E-state index in [1.165, 1.54) is 4.90 Å². The van der Waals surface area contributed by atoms with Crippen LogP contribution in [0.15, 0.2) is 42.1 Å². The normalized spacial score (nSPS) is 14.8. The number of halogens is 2. The van der Waals surface area contributed by atoms with Gasteiger partial charge in [0.1, 0.15) is 12.3 Å². The summed E-state index contributed by atoms with van der Waals surface area (Å²) in [5.74, 6) is 0.848. The molecule has 0 radical (unpaired) electrons. The summed E-state index contributed by atoms with van der Waals surface area (Å²) in [5, 5.41) is 4.28. The van der Waals surface area contributed by atoms with Crippen LogP contribution in [0.2, 0.25) is 10.0 Å². The summed E-state index contributed by atoms with van der Waals surface area (Å²) in [7, 11) is 3.18. The number of nitrogens with one attached hydrogen (secondary N) is 1. The molecular weight excluding hydrogens is 459 g/mol. The fourth-order valence-electron chi connectivity index (χ4n) is 3.04. The van der Waals surface area contributed by atoms with Gasteiger partial charge in [-0.2, -0.15) is 0 Å². The van der Waals surface area contributed by atoms with Crippen molar-refractivity contribution < 1.29 is 19.0 Å². The first-order chi connectivity index (χ1) is 14.9. The molecule has 164 valence electrons. The Bertz CT molecular complexity index is 1010. The zero-order valence-corrected chi connectivity index (χ0v) is 19.4. The third kappa shape index (κ3) is 5.68. The van der Waals surface area contributed by atoms with E-state index in [2.05, 4.69) is 5.32 Å². The Kier molecular flexibility index (Phi) is 8.15. The SMILES string of the molecule is COCCCN1C(=O)/C(=C\c2cccc(OC)c2OCc2ccc(Cl)c(Cl)c2)NC1=S. The number of rotatable bonds is 9. The average molecular weight is 481 g/mol. The second-order valence-corrected chi connectivity index (χ2v) is 7.91. The lowest BCUT2D eigenvalue weighted by Gasteiger charge is -2.14. The summed E-state index contributed by atoms with van der Waals surface area (Å²) >= 11 is 17.4. The van der Waals surface area contributed by atoms with Crippen LogP contribution in [0.1, 0.15) is 17.5 Å². The smallest absolute Gasteiger partial charge is 0.276 e. The van der Waals surface area contributed by atoms with E-state index in [4.69, 9.17) is 49.6 Å². The number of thiocarbonyl (C=S) groups is 1.